The lowest BCUT2D eigenvalue weighted by Crippen LogP contribution is -2.36. The number of carbonyl (C=O) groups excluding carboxylic acids is 2. The third-order valence-electron chi connectivity index (χ3n) is 5.38. The van der Waals surface area contributed by atoms with E-state index in [0.717, 1.165) is 41.8 Å². The molecule has 30 heavy (non-hydrogen) atoms. The Morgan fingerprint density at radius 2 is 1.83 bits per heavy atom. The van der Waals surface area contributed by atoms with E-state index in [1.54, 1.807) is 4.90 Å². The van der Waals surface area contributed by atoms with Gasteiger partial charge < -0.3 is 15.0 Å². The molecule has 0 saturated carbocycles. The van der Waals surface area contributed by atoms with Crippen molar-refractivity contribution in [3.8, 4) is 0 Å². The van der Waals surface area contributed by atoms with Gasteiger partial charge in [-0.15, -0.1) is 11.3 Å². The van der Waals surface area contributed by atoms with E-state index >= 15 is 0 Å². The summed E-state index contributed by atoms with van der Waals surface area (Å²) in [6, 6.07) is 4.65. The molecule has 2 aliphatic rings. The summed E-state index contributed by atoms with van der Waals surface area (Å²) in [7, 11) is 0. The summed E-state index contributed by atoms with van der Waals surface area (Å²) in [5.74, 6) is -1.05. The number of halogens is 3. The third kappa shape index (κ3) is 4.09. The van der Waals surface area contributed by atoms with E-state index in [0.29, 0.717) is 43.3 Å². The summed E-state index contributed by atoms with van der Waals surface area (Å²) in [4.78, 5) is 28.6. The maximum Gasteiger partial charge on any atom is 0.417 e. The van der Waals surface area contributed by atoms with Crippen LogP contribution in [0.4, 0.5) is 18.2 Å². The Hall–Kier alpha value is -2.39. The van der Waals surface area contributed by atoms with E-state index in [1.807, 2.05) is 0 Å². The van der Waals surface area contributed by atoms with Crippen molar-refractivity contribution in [3.05, 3.63) is 51.4 Å². The summed E-state index contributed by atoms with van der Waals surface area (Å²) in [5, 5.41) is 2.89. The Bertz CT molecular complexity index is 965. The standard InChI is InChI=1S/C21H21F3N2O3S/c22-21(23,24)15-7-3-2-6-13(15)18(27)25-19-17(14-8-11-29-12-16(14)30-19)20(28)26-9-4-1-5-10-26/h2-3,6-7H,1,4-5,8-12H2,(H,25,27). The lowest BCUT2D eigenvalue weighted by atomic mass is 10.0. The quantitative estimate of drug-likeness (QED) is 0.755. The molecule has 1 fully saturated rings. The Balaban J connectivity index is 1.69. The number of nitrogens with zero attached hydrogens (tertiary/aromatic N) is 1. The SMILES string of the molecule is O=C(Nc1sc2c(c1C(=O)N1CCCCC1)CCOC2)c1ccccc1C(F)(F)F. The molecule has 160 valence electrons. The minimum absolute atomic E-state index is 0.173. The second-order valence-electron chi connectivity index (χ2n) is 7.36. The molecule has 0 atom stereocenters. The lowest BCUT2D eigenvalue weighted by Gasteiger charge is -2.27. The van der Waals surface area contributed by atoms with Crippen LogP contribution in [0.25, 0.3) is 0 Å². The summed E-state index contributed by atoms with van der Waals surface area (Å²) >= 11 is 1.20. The van der Waals surface area contributed by atoms with Gasteiger partial charge in [-0.05, 0) is 43.4 Å². The second kappa shape index (κ2) is 8.39. The van der Waals surface area contributed by atoms with Crippen LogP contribution in [0.2, 0.25) is 0 Å². The molecule has 0 radical (unpaired) electrons. The number of thiophene rings is 1. The molecule has 1 saturated heterocycles. The highest BCUT2D eigenvalue weighted by Crippen LogP contribution is 2.39. The first-order chi connectivity index (χ1) is 14.4. The van der Waals surface area contributed by atoms with E-state index in [1.165, 1.54) is 23.5 Å². The number of alkyl halides is 3. The first-order valence-electron chi connectivity index (χ1n) is 9.85. The Morgan fingerprint density at radius 3 is 2.57 bits per heavy atom. The van der Waals surface area contributed by atoms with Crippen LogP contribution in [0.3, 0.4) is 0 Å². The molecule has 4 rings (SSSR count). The topological polar surface area (TPSA) is 58.6 Å². The van der Waals surface area contributed by atoms with Crippen molar-refractivity contribution in [1.82, 2.24) is 4.90 Å². The Morgan fingerprint density at radius 1 is 1.10 bits per heavy atom. The number of carbonyl (C=O) groups is 2. The van der Waals surface area contributed by atoms with Gasteiger partial charge in [0, 0.05) is 18.0 Å². The fourth-order valence-electron chi connectivity index (χ4n) is 3.90. The number of amides is 2. The average Bonchev–Trinajstić information content (AvgIpc) is 3.11. The third-order valence-corrected chi connectivity index (χ3v) is 6.50. The van der Waals surface area contributed by atoms with E-state index in [2.05, 4.69) is 5.32 Å². The van der Waals surface area contributed by atoms with E-state index < -0.39 is 23.2 Å². The van der Waals surface area contributed by atoms with Crippen LogP contribution in [-0.2, 0) is 23.9 Å². The summed E-state index contributed by atoms with van der Waals surface area (Å²) in [5.41, 5.74) is -0.237. The molecule has 9 heteroatoms. The molecular weight excluding hydrogens is 417 g/mol. The zero-order valence-electron chi connectivity index (χ0n) is 16.2. The van der Waals surface area contributed by atoms with Crippen LogP contribution in [0.15, 0.2) is 24.3 Å². The number of ether oxygens (including phenoxy) is 1. The highest BCUT2D eigenvalue weighted by molar-refractivity contribution is 7.17. The van der Waals surface area contributed by atoms with Crippen molar-refractivity contribution in [2.24, 2.45) is 0 Å². The number of fused-ring (bicyclic) bond motifs is 1. The number of likely N-dealkylation sites (tertiary alicyclic amines) is 1. The van der Waals surface area contributed by atoms with Crippen LogP contribution in [0.5, 0.6) is 0 Å². The number of benzene rings is 1. The van der Waals surface area contributed by atoms with Gasteiger partial charge in [-0.2, -0.15) is 13.2 Å². The molecule has 0 bridgehead atoms. The number of piperidine rings is 1. The van der Waals surface area contributed by atoms with Crippen molar-refractivity contribution in [3.63, 3.8) is 0 Å². The van der Waals surface area contributed by atoms with Gasteiger partial charge in [0.1, 0.15) is 5.00 Å². The van der Waals surface area contributed by atoms with Crippen LogP contribution in [0.1, 0.15) is 56.0 Å². The highest BCUT2D eigenvalue weighted by atomic mass is 32.1. The lowest BCUT2D eigenvalue weighted by molar-refractivity contribution is -0.137. The monoisotopic (exact) mass is 438 g/mol. The fraction of sp³-hybridized carbons (Fsp3) is 0.429. The smallest absolute Gasteiger partial charge is 0.376 e. The second-order valence-corrected chi connectivity index (χ2v) is 8.47. The van der Waals surface area contributed by atoms with Crippen molar-refractivity contribution in [2.75, 3.05) is 25.0 Å². The van der Waals surface area contributed by atoms with Gasteiger partial charge >= 0.3 is 6.18 Å². The molecule has 0 unspecified atom stereocenters. The molecule has 0 spiro atoms. The number of hydrogen-bond donors (Lipinski definition) is 1. The molecular formula is C21H21F3N2O3S. The largest absolute Gasteiger partial charge is 0.417 e. The van der Waals surface area contributed by atoms with E-state index in [-0.39, 0.29) is 5.91 Å². The van der Waals surface area contributed by atoms with Gasteiger partial charge in [0.05, 0.1) is 29.9 Å². The molecule has 2 aliphatic heterocycles. The van der Waals surface area contributed by atoms with Gasteiger partial charge in [0.25, 0.3) is 11.8 Å². The van der Waals surface area contributed by atoms with Gasteiger partial charge in [0.15, 0.2) is 0 Å². The van der Waals surface area contributed by atoms with Gasteiger partial charge in [0.2, 0.25) is 0 Å². The highest BCUT2D eigenvalue weighted by Gasteiger charge is 2.36. The molecule has 2 aromatic rings. The van der Waals surface area contributed by atoms with Crippen LogP contribution in [0, 0.1) is 0 Å². The minimum Gasteiger partial charge on any atom is -0.376 e. The maximum atomic E-state index is 13.3. The van der Waals surface area contributed by atoms with Crippen molar-refractivity contribution in [1.29, 1.82) is 0 Å². The van der Waals surface area contributed by atoms with Crippen molar-refractivity contribution >= 4 is 28.2 Å². The van der Waals surface area contributed by atoms with E-state index in [9.17, 15) is 22.8 Å². The van der Waals surface area contributed by atoms with Crippen LogP contribution < -0.4 is 5.32 Å². The molecule has 0 aliphatic carbocycles. The summed E-state index contributed by atoms with van der Waals surface area (Å²) < 4.78 is 45.5. The number of anilines is 1. The zero-order chi connectivity index (χ0) is 21.3. The fourth-order valence-corrected chi connectivity index (χ4v) is 5.07. The number of hydrogen-bond acceptors (Lipinski definition) is 4. The van der Waals surface area contributed by atoms with Crippen molar-refractivity contribution in [2.45, 2.75) is 38.5 Å². The Kier molecular flexibility index (Phi) is 5.84. The first kappa shape index (κ1) is 20.9. The predicted molar refractivity (Wildman–Crippen MR) is 107 cm³/mol. The van der Waals surface area contributed by atoms with Crippen molar-refractivity contribution < 1.29 is 27.5 Å². The molecule has 5 nitrogen and oxygen atoms in total. The average molecular weight is 438 g/mol. The van der Waals surface area contributed by atoms with Gasteiger partial charge in [-0.1, -0.05) is 12.1 Å². The van der Waals surface area contributed by atoms with E-state index in [4.69, 9.17) is 4.74 Å². The number of nitrogens with one attached hydrogen (secondary N) is 1. The summed E-state index contributed by atoms with van der Waals surface area (Å²) in [6.07, 6.45) is -1.21. The molecule has 2 amide bonds. The minimum atomic E-state index is -4.65. The molecule has 1 aromatic heterocycles. The van der Waals surface area contributed by atoms with Gasteiger partial charge in [-0.3, -0.25) is 9.59 Å². The predicted octanol–water partition coefficient (Wildman–Crippen LogP) is 4.72. The molecule has 1 aromatic carbocycles. The van der Waals surface area contributed by atoms with Crippen LogP contribution >= 0.6 is 11.3 Å². The first-order valence-corrected chi connectivity index (χ1v) is 10.7. The Labute approximate surface area is 175 Å². The molecule has 3 heterocycles. The van der Waals surface area contributed by atoms with Gasteiger partial charge in [-0.25, -0.2) is 0 Å². The maximum absolute atomic E-state index is 13.3. The normalized spacial score (nSPS) is 16.8. The van der Waals surface area contributed by atoms with Crippen LogP contribution in [-0.4, -0.2) is 36.4 Å². The zero-order valence-corrected chi connectivity index (χ0v) is 17.0. The number of rotatable bonds is 3. The molecule has 1 N–H and O–H groups in total. The summed E-state index contributed by atoms with van der Waals surface area (Å²) in [6.45, 7) is 2.08.